The number of hydrogen-bond donors (Lipinski definition) is 1. The molecule has 0 aliphatic rings. The summed E-state index contributed by atoms with van der Waals surface area (Å²) in [5.74, 6) is -0.241. The molecule has 1 heterocycles. The lowest BCUT2D eigenvalue weighted by Gasteiger charge is -2.13. The Morgan fingerprint density at radius 1 is 1.50 bits per heavy atom. The molecule has 4 heteroatoms. The molecule has 0 bridgehead atoms. The van der Waals surface area contributed by atoms with Gasteiger partial charge in [-0.15, -0.1) is 11.3 Å². The molecule has 1 aromatic carbocycles. The first-order valence-corrected chi connectivity index (χ1v) is 5.95. The Bertz CT molecular complexity index is 468. The number of rotatable bonds is 3. The highest BCUT2D eigenvalue weighted by Crippen LogP contribution is 2.21. The van der Waals surface area contributed by atoms with E-state index in [1.807, 2.05) is 12.3 Å². The zero-order valence-corrected chi connectivity index (χ0v) is 9.80. The first-order chi connectivity index (χ1) is 7.66. The molecule has 0 amide bonds. The fourth-order valence-electron chi connectivity index (χ4n) is 1.66. The summed E-state index contributed by atoms with van der Waals surface area (Å²) in [4.78, 5) is 4.18. The van der Waals surface area contributed by atoms with E-state index in [1.54, 1.807) is 23.6 Å². The highest BCUT2D eigenvalue weighted by molar-refractivity contribution is 7.09. The fourth-order valence-corrected chi connectivity index (χ4v) is 2.34. The van der Waals surface area contributed by atoms with Crippen LogP contribution in [-0.4, -0.2) is 4.98 Å². The molecule has 0 aliphatic heterocycles. The summed E-state index contributed by atoms with van der Waals surface area (Å²) in [5, 5.41) is 2.90. The van der Waals surface area contributed by atoms with Crippen LogP contribution in [0.5, 0.6) is 0 Å². The van der Waals surface area contributed by atoms with E-state index in [4.69, 9.17) is 5.73 Å². The Morgan fingerprint density at radius 3 is 3.00 bits per heavy atom. The van der Waals surface area contributed by atoms with E-state index in [2.05, 4.69) is 4.98 Å². The summed E-state index contributed by atoms with van der Waals surface area (Å²) in [6.07, 6.45) is 2.41. The molecule has 0 aliphatic carbocycles. The van der Waals surface area contributed by atoms with Crippen molar-refractivity contribution < 1.29 is 4.39 Å². The maximum Gasteiger partial charge on any atom is 0.123 e. The standard InChI is InChI=1S/C12H13FN2S/c1-8-2-3-9(13)6-10(8)11(14)7-12-15-4-5-16-12/h2-6,11H,7,14H2,1H3. The summed E-state index contributed by atoms with van der Waals surface area (Å²) in [6.45, 7) is 1.94. The molecule has 0 radical (unpaired) electrons. The number of nitrogens with zero attached hydrogens (tertiary/aromatic N) is 1. The van der Waals surface area contributed by atoms with Crippen molar-refractivity contribution >= 4 is 11.3 Å². The van der Waals surface area contributed by atoms with Crippen molar-refractivity contribution in [2.24, 2.45) is 5.73 Å². The van der Waals surface area contributed by atoms with E-state index >= 15 is 0 Å². The van der Waals surface area contributed by atoms with Crippen LogP contribution >= 0.6 is 11.3 Å². The summed E-state index contributed by atoms with van der Waals surface area (Å²) in [7, 11) is 0. The van der Waals surface area contributed by atoms with Gasteiger partial charge in [-0.2, -0.15) is 0 Å². The number of hydrogen-bond acceptors (Lipinski definition) is 3. The second-order valence-electron chi connectivity index (χ2n) is 3.74. The molecule has 84 valence electrons. The predicted octanol–water partition coefficient (Wildman–Crippen LogP) is 2.83. The molecule has 2 aromatic rings. The Balaban J connectivity index is 2.20. The molecule has 16 heavy (non-hydrogen) atoms. The normalized spacial score (nSPS) is 12.7. The lowest BCUT2D eigenvalue weighted by atomic mass is 10.00. The first kappa shape index (κ1) is 11.2. The first-order valence-electron chi connectivity index (χ1n) is 5.07. The number of nitrogens with two attached hydrogens (primary N) is 1. The Hall–Kier alpha value is -1.26. The summed E-state index contributed by atoms with van der Waals surface area (Å²) >= 11 is 1.57. The van der Waals surface area contributed by atoms with Gasteiger partial charge in [-0.1, -0.05) is 6.07 Å². The van der Waals surface area contributed by atoms with Crippen LogP contribution in [0.15, 0.2) is 29.8 Å². The third-order valence-corrected chi connectivity index (χ3v) is 3.32. The monoisotopic (exact) mass is 236 g/mol. The van der Waals surface area contributed by atoms with E-state index in [0.29, 0.717) is 6.42 Å². The molecule has 1 aromatic heterocycles. The zero-order chi connectivity index (χ0) is 11.5. The van der Waals surface area contributed by atoms with Gasteiger partial charge in [0, 0.05) is 24.0 Å². The van der Waals surface area contributed by atoms with E-state index in [0.717, 1.165) is 16.1 Å². The Labute approximate surface area is 97.9 Å². The van der Waals surface area contributed by atoms with Crippen molar-refractivity contribution in [3.8, 4) is 0 Å². The third kappa shape index (κ3) is 2.46. The van der Waals surface area contributed by atoms with E-state index in [1.165, 1.54) is 12.1 Å². The van der Waals surface area contributed by atoms with Crippen molar-refractivity contribution in [1.82, 2.24) is 4.98 Å². The van der Waals surface area contributed by atoms with Gasteiger partial charge in [-0.3, -0.25) is 0 Å². The molecule has 2 rings (SSSR count). The van der Waals surface area contributed by atoms with Crippen molar-refractivity contribution in [2.75, 3.05) is 0 Å². The smallest absolute Gasteiger partial charge is 0.123 e. The number of aromatic nitrogens is 1. The maximum absolute atomic E-state index is 13.1. The van der Waals surface area contributed by atoms with Crippen molar-refractivity contribution in [3.05, 3.63) is 51.7 Å². The van der Waals surface area contributed by atoms with Crippen LogP contribution in [0.4, 0.5) is 4.39 Å². The SMILES string of the molecule is Cc1ccc(F)cc1C(N)Cc1nccs1. The number of aryl methyl sites for hydroxylation is 1. The van der Waals surface area contributed by atoms with Gasteiger partial charge in [0.25, 0.3) is 0 Å². The molecule has 0 saturated carbocycles. The minimum absolute atomic E-state index is 0.193. The van der Waals surface area contributed by atoms with Crippen molar-refractivity contribution in [1.29, 1.82) is 0 Å². The topological polar surface area (TPSA) is 38.9 Å². The third-order valence-electron chi connectivity index (χ3n) is 2.52. The van der Waals surface area contributed by atoms with E-state index in [9.17, 15) is 4.39 Å². The largest absolute Gasteiger partial charge is 0.324 e. The average molecular weight is 236 g/mol. The van der Waals surface area contributed by atoms with Gasteiger partial charge in [-0.25, -0.2) is 9.37 Å². The van der Waals surface area contributed by atoms with Crippen LogP contribution in [-0.2, 0) is 6.42 Å². The van der Waals surface area contributed by atoms with Crippen LogP contribution < -0.4 is 5.73 Å². The zero-order valence-electron chi connectivity index (χ0n) is 8.98. The molecular formula is C12H13FN2S. The lowest BCUT2D eigenvalue weighted by molar-refractivity contribution is 0.617. The van der Waals surface area contributed by atoms with Gasteiger partial charge >= 0.3 is 0 Å². The molecule has 0 spiro atoms. The number of halogens is 1. The van der Waals surface area contributed by atoms with Gasteiger partial charge in [0.2, 0.25) is 0 Å². The fraction of sp³-hybridized carbons (Fsp3) is 0.250. The van der Waals surface area contributed by atoms with Gasteiger partial charge in [-0.05, 0) is 30.2 Å². The lowest BCUT2D eigenvalue weighted by Crippen LogP contribution is -2.14. The second-order valence-corrected chi connectivity index (χ2v) is 4.72. The van der Waals surface area contributed by atoms with E-state index < -0.39 is 0 Å². The van der Waals surface area contributed by atoms with Crippen molar-refractivity contribution in [3.63, 3.8) is 0 Å². The average Bonchev–Trinajstić information content (AvgIpc) is 2.74. The Morgan fingerprint density at radius 2 is 2.31 bits per heavy atom. The highest BCUT2D eigenvalue weighted by atomic mass is 32.1. The minimum Gasteiger partial charge on any atom is -0.324 e. The molecular weight excluding hydrogens is 223 g/mol. The van der Waals surface area contributed by atoms with Crippen LogP contribution in [0.25, 0.3) is 0 Å². The summed E-state index contributed by atoms with van der Waals surface area (Å²) < 4.78 is 13.1. The van der Waals surface area contributed by atoms with Crippen molar-refractivity contribution in [2.45, 2.75) is 19.4 Å². The molecule has 0 fully saturated rings. The highest BCUT2D eigenvalue weighted by Gasteiger charge is 2.12. The summed E-state index contributed by atoms with van der Waals surface area (Å²) in [6, 6.07) is 4.52. The van der Waals surface area contributed by atoms with Crippen LogP contribution in [0.1, 0.15) is 22.2 Å². The van der Waals surface area contributed by atoms with Crippen LogP contribution in [0.2, 0.25) is 0 Å². The van der Waals surface area contributed by atoms with Gasteiger partial charge in [0.15, 0.2) is 0 Å². The van der Waals surface area contributed by atoms with Crippen LogP contribution in [0.3, 0.4) is 0 Å². The molecule has 0 saturated heterocycles. The molecule has 2 nitrogen and oxygen atoms in total. The van der Waals surface area contributed by atoms with Gasteiger partial charge in [0.1, 0.15) is 5.82 Å². The number of benzene rings is 1. The summed E-state index contributed by atoms with van der Waals surface area (Å²) in [5.41, 5.74) is 7.93. The second kappa shape index (κ2) is 4.72. The van der Waals surface area contributed by atoms with E-state index in [-0.39, 0.29) is 11.9 Å². The predicted molar refractivity (Wildman–Crippen MR) is 63.9 cm³/mol. The van der Waals surface area contributed by atoms with Gasteiger partial charge < -0.3 is 5.73 Å². The minimum atomic E-state index is -0.241. The maximum atomic E-state index is 13.1. The Kier molecular flexibility index (Phi) is 3.31. The molecule has 2 N–H and O–H groups in total. The molecule has 1 atom stereocenters. The molecule has 1 unspecified atom stereocenters. The number of thiazole rings is 1. The quantitative estimate of drug-likeness (QED) is 0.890. The van der Waals surface area contributed by atoms with Gasteiger partial charge in [0.05, 0.1) is 5.01 Å². The van der Waals surface area contributed by atoms with Crippen LogP contribution in [0, 0.1) is 12.7 Å².